The van der Waals surface area contributed by atoms with E-state index >= 15 is 0 Å². The van der Waals surface area contributed by atoms with Gasteiger partial charge in [-0.05, 0) is 38.8 Å². The molecule has 0 aliphatic rings. The first-order chi connectivity index (χ1) is 8.67. The summed E-state index contributed by atoms with van der Waals surface area (Å²) in [5.41, 5.74) is 0. The highest BCUT2D eigenvalue weighted by Crippen LogP contribution is 2.13. The second kappa shape index (κ2) is 11.1. The van der Waals surface area contributed by atoms with Crippen LogP contribution in [0.2, 0.25) is 0 Å². The lowest BCUT2D eigenvalue weighted by atomic mass is 10.0. The lowest BCUT2D eigenvalue weighted by molar-refractivity contribution is -0.0388. The van der Waals surface area contributed by atoms with Gasteiger partial charge in [0.2, 0.25) is 0 Å². The predicted octanol–water partition coefficient (Wildman–Crippen LogP) is 2.93. The van der Waals surface area contributed by atoms with Crippen LogP contribution in [0.15, 0.2) is 12.2 Å². The van der Waals surface area contributed by atoms with Gasteiger partial charge in [0.15, 0.2) is 0 Å². The lowest BCUT2D eigenvalue weighted by Gasteiger charge is -2.27. The zero-order valence-electron chi connectivity index (χ0n) is 12.3. The van der Waals surface area contributed by atoms with E-state index in [0.717, 1.165) is 19.4 Å². The van der Waals surface area contributed by atoms with Crippen molar-refractivity contribution in [2.24, 2.45) is 5.92 Å². The molecule has 3 atom stereocenters. The zero-order valence-corrected chi connectivity index (χ0v) is 12.3. The fourth-order valence-electron chi connectivity index (χ4n) is 1.43. The minimum Gasteiger partial charge on any atom is -0.443 e. The summed E-state index contributed by atoms with van der Waals surface area (Å²) < 4.78 is 11.2. The minimum atomic E-state index is 0.00735. The quantitative estimate of drug-likeness (QED) is 0.533. The molecule has 0 saturated carbocycles. The summed E-state index contributed by atoms with van der Waals surface area (Å²) in [6.07, 6.45) is 8.59. The number of rotatable bonds is 8. The first kappa shape index (κ1) is 17.0. The Hall–Kier alpha value is -0.980. The lowest BCUT2D eigenvalue weighted by Crippen LogP contribution is -2.40. The third-order valence-corrected chi connectivity index (χ3v) is 2.74. The summed E-state index contributed by atoms with van der Waals surface area (Å²) in [7, 11) is 1.90. The molecule has 0 aromatic rings. The van der Waals surface area contributed by atoms with Gasteiger partial charge in [0.05, 0.1) is 0 Å². The Morgan fingerprint density at radius 3 is 2.56 bits per heavy atom. The molecule has 0 amide bonds. The monoisotopic (exact) mass is 253 g/mol. The molecule has 1 N–H and O–H groups in total. The molecule has 0 rings (SSSR count). The smallest absolute Gasteiger partial charge is 0.115 e. The molecule has 0 aliphatic carbocycles. The van der Waals surface area contributed by atoms with Crippen molar-refractivity contribution in [3.63, 3.8) is 0 Å². The van der Waals surface area contributed by atoms with Crippen molar-refractivity contribution in [2.45, 2.75) is 52.9 Å². The number of ether oxygens (including phenoxy) is 2. The van der Waals surface area contributed by atoms with Crippen LogP contribution in [0.4, 0.5) is 0 Å². The van der Waals surface area contributed by atoms with Gasteiger partial charge in [0, 0.05) is 12.5 Å². The molecular weight excluding hydrogens is 226 g/mol. The zero-order chi connectivity index (χ0) is 13.8. The Labute approximate surface area is 112 Å². The van der Waals surface area contributed by atoms with Crippen molar-refractivity contribution in [3.05, 3.63) is 12.2 Å². The van der Waals surface area contributed by atoms with Crippen LogP contribution >= 0.6 is 0 Å². The fourth-order valence-corrected chi connectivity index (χ4v) is 1.43. The molecule has 0 heterocycles. The maximum atomic E-state index is 5.71. The van der Waals surface area contributed by atoms with Crippen LogP contribution in [0, 0.1) is 17.9 Å². The van der Waals surface area contributed by atoms with Crippen molar-refractivity contribution >= 4 is 0 Å². The molecule has 0 spiro atoms. The molecule has 3 nitrogen and oxygen atoms in total. The van der Waals surface area contributed by atoms with Crippen LogP contribution in [0.1, 0.15) is 40.5 Å². The number of hydrogen-bond acceptors (Lipinski definition) is 3. The summed E-state index contributed by atoms with van der Waals surface area (Å²) in [5.74, 6) is 3.10. The minimum absolute atomic E-state index is 0.00735. The molecule has 104 valence electrons. The largest absolute Gasteiger partial charge is 0.443 e. The third-order valence-electron chi connectivity index (χ3n) is 2.74. The van der Waals surface area contributed by atoms with Gasteiger partial charge in [-0.1, -0.05) is 26.8 Å². The predicted molar refractivity (Wildman–Crippen MR) is 76.0 cm³/mol. The Morgan fingerprint density at radius 2 is 2.00 bits per heavy atom. The van der Waals surface area contributed by atoms with Gasteiger partial charge in [0.1, 0.15) is 18.4 Å². The van der Waals surface area contributed by atoms with Gasteiger partial charge in [-0.15, -0.1) is 0 Å². The molecule has 0 fully saturated rings. The van der Waals surface area contributed by atoms with E-state index < -0.39 is 0 Å². The Balaban J connectivity index is 4.15. The van der Waals surface area contributed by atoms with Crippen molar-refractivity contribution in [1.29, 1.82) is 0 Å². The molecule has 18 heavy (non-hydrogen) atoms. The van der Waals surface area contributed by atoms with Gasteiger partial charge in [0.25, 0.3) is 0 Å². The van der Waals surface area contributed by atoms with E-state index in [1.807, 2.05) is 26.1 Å². The summed E-state index contributed by atoms with van der Waals surface area (Å²) in [5, 5.41) is 3.16. The molecule has 3 heteroatoms. The average molecular weight is 253 g/mol. The Bertz CT molecular complexity index is 278. The van der Waals surface area contributed by atoms with Crippen LogP contribution < -0.4 is 5.32 Å². The molecule has 0 saturated heterocycles. The molecule has 3 unspecified atom stereocenters. The first-order valence-corrected chi connectivity index (χ1v) is 6.77. The summed E-state index contributed by atoms with van der Waals surface area (Å²) in [4.78, 5) is 0. The molecule has 0 bridgehead atoms. The first-order valence-electron chi connectivity index (χ1n) is 6.77. The van der Waals surface area contributed by atoms with Crippen LogP contribution in [0.5, 0.6) is 0 Å². The number of allylic oxidation sites excluding steroid dienone is 2. The molecule has 0 aromatic heterocycles. The molecule has 0 aromatic carbocycles. The van der Waals surface area contributed by atoms with Crippen molar-refractivity contribution in [1.82, 2.24) is 5.32 Å². The van der Waals surface area contributed by atoms with Gasteiger partial charge in [-0.3, -0.25) is 5.32 Å². The summed E-state index contributed by atoms with van der Waals surface area (Å²) in [6, 6.07) is 0. The highest BCUT2D eigenvalue weighted by molar-refractivity contribution is 5.11. The van der Waals surface area contributed by atoms with E-state index in [1.54, 1.807) is 0 Å². The number of nitrogens with one attached hydrogen (secondary N) is 1. The Morgan fingerprint density at radius 1 is 1.28 bits per heavy atom. The van der Waals surface area contributed by atoms with Crippen molar-refractivity contribution in [3.8, 4) is 12.0 Å². The molecular formula is C15H27NO2. The van der Waals surface area contributed by atoms with E-state index in [0.29, 0.717) is 0 Å². The van der Waals surface area contributed by atoms with Gasteiger partial charge in [-0.2, -0.15) is 0 Å². The van der Waals surface area contributed by atoms with Crippen molar-refractivity contribution < 1.29 is 9.47 Å². The van der Waals surface area contributed by atoms with Crippen LogP contribution in [0.3, 0.4) is 0 Å². The van der Waals surface area contributed by atoms with Gasteiger partial charge >= 0.3 is 0 Å². The topological polar surface area (TPSA) is 30.5 Å². The van der Waals surface area contributed by atoms with E-state index in [1.165, 1.54) is 0 Å². The van der Waals surface area contributed by atoms with E-state index in [2.05, 4.69) is 38.1 Å². The second-order valence-corrected chi connectivity index (χ2v) is 4.32. The van der Waals surface area contributed by atoms with Crippen LogP contribution in [-0.2, 0) is 9.47 Å². The van der Waals surface area contributed by atoms with Crippen LogP contribution in [0.25, 0.3) is 0 Å². The fraction of sp³-hybridized carbons (Fsp3) is 0.733. The SMILES string of the molecule is CC/C=C\C#COC(C)C(C)C(NC)OCCC. The van der Waals surface area contributed by atoms with E-state index in [4.69, 9.17) is 9.47 Å². The number of hydrogen-bond donors (Lipinski definition) is 1. The summed E-state index contributed by atoms with van der Waals surface area (Å²) >= 11 is 0. The van der Waals surface area contributed by atoms with Gasteiger partial charge in [-0.25, -0.2) is 0 Å². The highest BCUT2D eigenvalue weighted by atomic mass is 16.5. The molecule has 0 aliphatic heterocycles. The van der Waals surface area contributed by atoms with E-state index in [9.17, 15) is 0 Å². The maximum absolute atomic E-state index is 5.71. The van der Waals surface area contributed by atoms with Crippen molar-refractivity contribution in [2.75, 3.05) is 13.7 Å². The maximum Gasteiger partial charge on any atom is 0.115 e. The Kier molecular flexibility index (Phi) is 10.5. The third kappa shape index (κ3) is 7.37. The molecule has 0 radical (unpaired) electrons. The normalized spacial score (nSPS) is 15.8. The van der Waals surface area contributed by atoms with Gasteiger partial charge < -0.3 is 9.47 Å². The average Bonchev–Trinajstić information content (AvgIpc) is 2.38. The van der Waals surface area contributed by atoms with E-state index in [-0.39, 0.29) is 18.2 Å². The van der Waals surface area contributed by atoms with Crippen LogP contribution in [-0.4, -0.2) is 26.0 Å². The highest BCUT2D eigenvalue weighted by Gasteiger charge is 2.22. The standard InChI is InChI=1S/C15H27NO2/c1-6-8-9-10-12-17-14(4)13(3)15(16-5)18-11-7-2/h8-9,13-16H,6-7,11H2,1-5H3/b9-8-. The second-order valence-electron chi connectivity index (χ2n) is 4.32. The summed E-state index contributed by atoms with van der Waals surface area (Å²) in [6.45, 7) is 9.05.